The van der Waals surface area contributed by atoms with E-state index in [2.05, 4.69) is 10.3 Å². The van der Waals surface area contributed by atoms with Crippen LogP contribution in [-0.2, 0) is 4.79 Å². The van der Waals surface area contributed by atoms with Gasteiger partial charge < -0.3 is 5.32 Å². The summed E-state index contributed by atoms with van der Waals surface area (Å²) in [6.45, 7) is 1.98. The van der Waals surface area contributed by atoms with Gasteiger partial charge in [-0.3, -0.25) is 14.9 Å². The number of anilines is 1. The summed E-state index contributed by atoms with van der Waals surface area (Å²) in [5.41, 5.74) is 1.41. The van der Waals surface area contributed by atoms with Crippen LogP contribution in [0.15, 0.2) is 53.6 Å². The van der Waals surface area contributed by atoms with Crippen LogP contribution in [0.25, 0.3) is 10.9 Å². The first-order chi connectivity index (χ1) is 12.4. The smallest absolute Gasteiger partial charge is 0.306 e. The average molecular weight is 371 g/mol. The highest BCUT2D eigenvalue weighted by molar-refractivity contribution is 7.99. The highest BCUT2D eigenvalue weighted by atomic mass is 32.2. The molecule has 8 heteroatoms. The molecule has 1 amide bonds. The fraction of sp³-hybridized carbons (Fsp3) is 0.111. The van der Waals surface area contributed by atoms with Crippen LogP contribution in [0.4, 0.5) is 15.8 Å². The second kappa shape index (κ2) is 7.49. The Bertz CT molecular complexity index is 1010. The van der Waals surface area contributed by atoms with E-state index >= 15 is 0 Å². The highest BCUT2D eigenvalue weighted by Crippen LogP contribution is 2.25. The molecule has 132 valence electrons. The van der Waals surface area contributed by atoms with Gasteiger partial charge in [-0.1, -0.05) is 30.0 Å². The number of nitrogens with zero attached hydrogens (tertiary/aromatic N) is 2. The van der Waals surface area contributed by atoms with Crippen LogP contribution in [0.2, 0.25) is 0 Å². The third-order valence-corrected chi connectivity index (χ3v) is 4.59. The van der Waals surface area contributed by atoms with Crippen LogP contribution >= 0.6 is 11.8 Å². The molecule has 0 aliphatic rings. The van der Waals surface area contributed by atoms with E-state index in [0.717, 1.165) is 28.6 Å². The maximum absolute atomic E-state index is 13.3. The third-order valence-electron chi connectivity index (χ3n) is 3.68. The van der Waals surface area contributed by atoms with E-state index < -0.39 is 16.4 Å². The van der Waals surface area contributed by atoms with E-state index in [-0.39, 0.29) is 17.3 Å². The summed E-state index contributed by atoms with van der Waals surface area (Å²) in [6.07, 6.45) is 0. The van der Waals surface area contributed by atoms with Gasteiger partial charge in [0.05, 0.1) is 21.2 Å². The number of benzene rings is 2. The number of nitro groups is 1. The number of thioether (sulfide) groups is 1. The molecule has 0 spiro atoms. The molecule has 1 N–H and O–H groups in total. The van der Waals surface area contributed by atoms with E-state index in [1.165, 1.54) is 17.8 Å². The predicted molar refractivity (Wildman–Crippen MR) is 98.9 cm³/mol. The van der Waals surface area contributed by atoms with Gasteiger partial charge in [0.2, 0.25) is 11.7 Å². The lowest BCUT2D eigenvalue weighted by Gasteiger charge is -2.07. The molecular weight excluding hydrogens is 357 g/mol. The lowest BCUT2D eigenvalue weighted by Crippen LogP contribution is -2.14. The molecule has 0 atom stereocenters. The Hall–Kier alpha value is -3.00. The van der Waals surface area contributed by atoms with Crippen molar-refractivity contribution in [1.82, 2.24) is 4.98 Å². The number of hydrogen-bond acceptors (Lipinski definition) is 5. The van der Waals surface area contributed by atoms with Crippen molar-refractivity contribution < 1.29 is 14.1 Å². The van der Waals surface area contributed by atoms with Crippen molar-refractivity contribution in [3.05, 3.63) is 70.0 Å². The number of carbonyl (C=O) groups is 1. The highest BCUT2D eigenvalue weighted by Gasteiger charge is 2.15. The van der Waals surface area contributed by atoms with Crippen LogP contribution in [0, 0.1) is 22.9 Å². The molecule has 1 heterocycles. The van der Waals surface area contributed by atoms with E-state index in [4.69, 9.17) is 0 Å². The summed E-state index contributed by atoms with van der Waals surface area (Å²) in [6, 6.07) is 12.9. The maximum atomic E-state index is 13.3. The Labute approximate surface area is 152 Å². The number of pyridine rings is 1. The van der Waals surface area contributed by atoms with Gasteiger partial charge in [0.1, 0.15) is 0 Å². The van der Waals surface area contributed by atoms with Gasteiger partial charge in [-0.15, -0.1) is 0 Å². The summed E-state index contributed by atoms with van der Waals surface area (Å²) in [4.78, 5) is 26.5. The topological polar surface area (TPSA) is 85.1 Å². The molecule has 26 heavy (non-hydrogen) atoms. The van der Waals surface area contributed by atoms with Gasteiger partial charge in [0.15, 0.2) is 0 Å². The van der Waals surface area contributed by atoms with Crippen LogP contribution < -0.4 is 5.32 Å². The number of nitro benzene ring substituents is 1. The lowest BCUT2D eigenvalue weighted by atomic mass is 10.1. The minimum absolute atomic E-state index is 0.0793. The molecule has 3 aromatic rings. The first kappa shape index (κ1) is 17.8. The molecule has 0 aliphatic carbocycles. The van der Waals surface area contributed by atoms with Crippen molar-refractivity contribution in [3.63, 3.8) is 0 Å². The van der Waals surface area contributed by atoms with Crippen molar-refractivity contribution in [2.75, 3.05) is 11.1 Å². The molecule has 6 nitrogen and oxygen atoms in total. The van der Waals surface area contributed by atoms with Crippen LogP contribution in [0.3, 0.4) is 0 Å². The molecule has 0 aliphatic heterocycles. The van der Waals surface area contributed by atoms with Gasteiger partial charge in [-0.25, -0.2) is 4.98 Å². The molecule has 2 aromatic carbocycles. The summed E-state index contributed by atoms with van der Waals surface area (Å²) >= 11 is 1.26. The first-order valence-electron chi connectivity index (χ1n) is 7.67. The molecule has 0 saturated carbocycles. The molecule has 0 saturated heterocycles. The van der Waals surface area contributed by atoms with Crippen molar-refractivity contribution in [3.8, 4) is 0 Å². The molecule has 0 unspecified atom stereocenters. The maximum Gasteiger partial charge on any atom is 0.306 e. The zero-order chi connectivity index (χ0) is 18.7. The Balaban J connectivity index is 1.68. The Morgan fingerprint density at radius 3 is 2.81 bits per heavy atom. The molecular formula is C18H14FN3O3S. The zero-order valence-electron chi connectivity index (χ0n) is 13.7. The normalized spacial score (nSPS) is 10.7. The number of aromatic nitrogens is 1. The second-order valence-corrected chi connectivity index (χ2v) is 6.55. The van der Waals surface area contributed by atoms with Gasteiger partial charge >= 0.3 is 5.69 Å². The van der Waals surface area contributed by atoms with Crippen molar-refractivity contribution in [1.29, 1.82) is 0 Å². The van der Waals surface area contributed by atoms with Crippen molar-refractivity contribution in [2.24, 2.45) is 0 Å². The number of para-hydroxylation sites is 1. The third kappa shape index (κ3) is 3.97. The largest absolute Gasteiger partial charge is 0.325 e. The number of fused-ring (bicyclic) bond motifs is 1. The Morgan fingerprint density at radius 2 is 2.04 bits per heavy atom. The zero-order valence-corrected chi connectivity index (χ0v) is 14.5. The summed E-state index contributed by atoms with van der Waals surface area (Å²) in [5.74, 6) is -1.22. The first-order valence-corrected chi connectivity index (χ1v) is 8.65. The molecule has 1 aromatic heterocycles. The van der Waals surface area contributed by atoms with Gasteiger partial charge in [0.25, 0.3) is 0 Å². The van der Waals surface area contributed by atoms with Crippen LogP contribution in [0.5, 0.6) is 0 Å². The van der Waals surface area contributed by atoms with E-state index in [1.807, 2.05) is 37.3 Å². The fourth-order valence-electron chi connectivity index (χ4n) is 2.46. The van der Waals surface area contributed by atoms with Crippen molar-refractivity contribution in [2.45, 2.75) is 11.9 Å². The number of rotatable bonds is 5. The predicted octanol–water partition coefficient (Wildman–Crippen LogP) is 4.32. The van der Waals surface area contributed by atoms with Crippen molar-refractivity contribution >= 4 is 39.9 Å². The standard InChI is InChI=1S/C18H14FN3O3S/c1-11-8-18(21-15-5-3-2-4-13(11)15)26-10-17(23)20-12-6-7-14(19)16(9-12)22(24)25/h2-9H,10H2,1H3,(H,20,23). The lowest BCUT2D eigenvalue weighted by molar-refractivity contribution is -0.387. The summed E-state index contributed by atoms with van der Waals surface area (Å²) < 4.78 is 13.3. The van der Waals surface area contributed by atoms with Gasteiger partial charge in [-0.2, -0.15) is 4.39 Å². The van der Waals surface area contributed by atoms with Crippen LogP contribution in [0.1, 0.15) is 5.56 Å². The fourth-order valence-corrected chi connectivity index (χ4v) is 3.23. The molecule has 0 radical (unpaired) electrons. The number of nitrogens with one attached hydrogen (secondary N) is 1. The van der Waals surface area contributed by atoms with Gasteiger partial charge in [0, 0.05) is 17.1 Å². The minimum atomic E-state index is -0.946. The SMILES string of the molecule is Cc1cc(SCC(=O)Nc2ccc(F)c([N+](=O)[O-])c2)nc2ccccc12. The monoisotopic (exact) mass is 371 g/mol. The molecule has 0 bridgehead atoms. The van der Waals surface area contributed by atoms with Gasteiger partial charge in [-0.05, 0) is 36.8 Å². The molecule has 0 fully saturated rings. The average Bonchev–Trinajstić information content (AvgIpc) is 2.61. The number of hydrogen-bond donors (Lipinski definition) is 1. The van der Waals surface area contributed by atoms with E-state index in [9.17, 15) is 19.3 Å². The van der Waals surface area contributed by atoms with E-state index in [0.29, 0.717) is 5.03 Å². The summed E-state index contributed by atoms with van der Waals surface area (Å²) in [7, 11) is 0. The quantitative estimate of drug-likeness (QED) is 0.410. The minimum Gasteiger partial charge on any atom is -0.325 e. The number of carbonyl (C=O) groups excluding carboxylic acids is 1. The number of halogens is 1. The Kier molecular flexibility index (Phi) is 5.13. The Morgan fingerprint density at radius 1 is 1.27 bits per heavy atom. The number of amides is 1. The second-order valence-electron chi connectivity index (χ2n) is 5.55. The van der Waals surface area contributed by atoms with E-state index in [1.54, 1.807) is 0 Å². The van der Waals surface area contributed by atoms with Crippen LogP contribution in [-0.4, -0.2) is 21.6 Å². The number of aryl methyl sites for hydroxylation is 1. The molecule has 3 rings (SSSR count). The summed E-state index contributed by atoms with van der Waals surface area (Å²) in [5, 5.41) is 15.0.